The summed E-state index contributed by atoms with van der Waals surface area (Å²) in [6, 6.07) is 6.91. The number of phenols is 1. The second-order valence-corrected chi connectivity index (χ2v) is 6.10. The molecule has 0 saturated carbocycles. The van der Waals surface area contributed by atoms with Gasteiger partial charge in [0.05, 0.1) is 0 Å². The van der Waals surface area contributed by atoms with Gasteiger partial charge in [0.15, 0.2) is 0 Å². The van der Waals surface area contributed by atoms with Crippen molar-refractivity contribution < 1.29 is 18.4 Å². The summed E-state index contributed by atoms with van der Waals surface area (Å²) in [6.45, 7) is 5.70. The fourth-order valence-corrected chi connectivity index (χ4v) is 2.73. The number of fused-ring (bicyclic) bond motifs is 1. The van der Waals surface area contributed by atoms with Gasteiger partial charge >= 0.3 is 0 Å². The molecule has 2 aromatic carbocycles. The van der Waals surface area contributed by atoms with Crippen LogP contribution in [0.15, 0.2) is 35.2 Å². The zero-order valence-electron chi connectivity index (χ0n) is 11.0. The van der Waals surface area contributed by atoms with Crippen molar-refractivity contribution in [2.24, 2.45) is 5.14 Å². The molecule has 3 N–H and O–H groups in total. The highest BCUT2D eigenvalue weighted by Crippen LogP contribution is 2.35. The summed E-state index contributed by atoms with van der Waals surface area (Å²) in [5.41, 5.74) is 0.665. The second-order valence-electron chi connectivity index (χ2n) is 3.94. The number of sulfonamides is 3. The van der Waals surface area contributed by atoms with E-state index in [1.807, 2.05) is 13.8 Å². The van der Waals surface area contributed by atoms with Crippen molar-refractivity contribution >= 4 is 20.6 Å². The van der Waals surface area contributed by atoms with E-state index in [0.717, 1.165) is 6.07 Å². The van der Waals surface area contributed by atoms with Gasteiger partial charge in [0.2, 0.25) is 0 Å². The van der Waals surface area contributed by atoms with E-state index >= 15 is 0 Å². The summed E-state index contributed by atoms with van der Waals surface area (Å²) >= 11 is 0. The van der Waals surface area contributed by atoms with Crippen LogP contribution in [0.2, 0.25) is 0 Å². The Kier molecular flexibility index (Phi) is 4.02. The van der Waals surface area contributed by atoms with Gasteiger partial charge in [0, 0.05) is 10.3 Å². The van der Waals surface area contributed by atoms with E-state index in [9.17, 15) is 18.4 Å². The minimum Gasteiger partial charge on any atom is -0.785 e. The molecule has 0 aliphatic heterocycles. The number of primary sulfonamides is 3. The lowest BCUT2D eigenvalue weighted by Crippen LogP contribution is -2.42. The Labute approximate surface area is 112 Å². The number of aryl methyl sites for hydroxylation is 1. The van der Waals surface area contributed by atoms with Gasteiger partial charge in [-0.05, 0) is 30.0 Å². The van der Waals surface area contributed by atoms with Crippen LogP contribution in [0.3, 0.4) is 0 Å². The Morgan fingerprint density at radius 3 is 2.26 bits per heavy atom. The molecule has 0 amide bonds. The van der Waals surface area contributed by atoms with E-state index in [-0.39, 0.29) is 11.1 Å². The van der Waals surface area contributed by atoms with Crippen LogP contribution in [0.5, 0.6) is 5.75 Å². The topological polar surface area (TPSA) is 109 Å². The number of hydrogen-bond donors (Lipinski definition) is 2. The van der Waals surface area contributed by atoms with Crippen LogP contribution < -0.4 is 5.14 Å². The van der Waals surface area contributed by atoms with Gasteiger partial charge in [-0.15, -0.1) is 9.81 Å². The van der Waals surface area contributed by atoms with Crippen LogP contribution in [0.4, 0.5) is 0 Å². The van der Waals surface area contributed by atoms with E-state index < -0.39 is 14.7 Å². The fourth-order valence-electron chi connectivity index (χ4n) is 1.85. The van der Waals surface area contributed by atoms with E-state index in [4.69, 9.17) is 5.14 Å². The van der Waals surface area contributed by atoms with Crippen LogP contribution in [0, 0.1) is 6.92 Å². The largest absolute Gasteiger partial charge is 0.785 e. The van der Waals surface area contributed by atoms with Crippen molar-refractivity contribution in [3.05, 3.63) is 35.9 Å². The third-order valence-corrected chi connectivity index (χ3v) is 3.73. The third-order valence-electron chi connectivity index (χ3n) is 2.58. The maximum absolute atomic E-state index is 11.4. The van der Waals surface area contributed by atoms with Crippen LogP contribution >= 0.6 is 0 Å². The zero-order chi connectivity index (χ0) is 14.9. The molecule has 2 rings (SSSR count). The van der Waals surface area contributed by atoms with Gasteiger partial charge in [-0.1, -0.05) is 32.0 Å². The minimum absolute atomic E-state index is 0.0848. The normalized spacial score (nSPS) is 13.3. The number of phenolic OH excluding ortho intramolecular Hbond substituents is 1. The molecule has 19 heavy (non-hydrogen) atoms. The Morgan fingerprint density at radius 1 is 1.16 bits per heavy atom. The molecule has 0 radical (unpaired) electrons. The second kappa shape index (κ2) is 4.90. The Hall–Kier alpha value is -1.47. The lowest BCUT2D eigenvalue weighted by Gasteiger charge is -2.52. The summed E-state index contributed by atoms with van der Waals surface area (Å²) in [7, 11) is -5.82. The highest BCUT2D eigenvalue weighted by Gasteiger charge is 2.14. The van der Waals surface area contributed by atoms with Gasteiger partial charge in [-0.25, -0.2) is 0 Å². The summed E-state index contributed by atoms with van der Waals surface area (Å²) in [5, 5.41) is 15.0. The first-order valence-electron chi connectivity index (χ1n) is 5.82. The molecule has 6 heteroatoms. The highest BCUT2D eigenvalue weighted by atomic mass is 32.3. The number of hydrogen-bond acceptors (Lipinski definition) is 4. The third kappa shape index (κ3) is 3.10. The quantitative estimate of drug-likeness (QED) is 0.835. The van der Waals surface area contributed by atoms with Crippen molar-refractivity contribution in [1.82, 2.24) is 0 Å². The zero-order valence-corrected chi connectivity index (χ0v) is 11.9. The molecule has 0 aliphatic carbocycles. The van der Waals surface area contributed by atoms with Crippen LogP contribution in [0.25, 0.3) is 10.8 Å². The maximum atomic E-state index is 11.4. The standard InChI is InChI=1S/C11H13NO4S.C2H6/c1-7-5-6-10(17(12,14,15)16)8-3-2-4-9(13)11(7)8;1-2/h2-6,13H,1H3,(H4,12,14,15,16);1-2H3/p-2. The molecule has 0 atom stereocenters. The maximum Gasteiger partial charge on any atom is 0.123 e. The summed E-state index contributed by atoms with van der Waals surface area (Å²) in [6.07, 6.45) is 0. The smallest absolute Gasteiger partial charge is 0.123 e. The number of nitrogens with two attached hydrogens (primary N) is 1. The van der Waals surface area contributed by atoms with Gasteiger partial charge in [0.25, 0.3) is 0 Å². The van der Waals surface area contributed by atoms with Crippen LogP contribution in [-0.4, -0.2) is 18.4 Å². The Morgan fingerprint density at radius 2 is 1.74 bits per heavy atom. The molecule has 5 nitrogen and oxygen atoms in total. The average Bonchev–Trinajstić information content (AvgIpc) is 2.29. The fraction of sp³-hybridized carbons (Fsp3) is 0.231. The first kappa shape index (κ1) is 15.6. The monoisotopic (exact) mass is 283 g/mol. The van der Waals surface area contributed by atoms with Gasteiger partial charge in [-0.2, -0.15) is 0 Å². The molecule has 0 aliphatic rings. The number of benzene rings is 2. The van der Waals surface area contributed by atoms with Crippen molar-refractivity contribution in [2.45, 2.75) is 25.7 Å². The molecule has 0 saturated heterocycles. The van der Waals surface area contributed by atoms with Crippen molar-refractivity contribution in [3.8, 4) is 5.75 Å². The Bertz CT molecular complexity index is 656. The molecule has 0 aromatic heterocycles. The van der Waals surface area contributed by atoms with Crippen molar-refractivity contribution in [3.63, 3.8) is 0 Å². The average molecular weight is 283 g/mol. The van der Waals surface area contributed by atoms with Crippen LogP contribution in [-0.2, 0) is 9.81 Å². The molecular formula is C13H17NO4S-2. The molecule has 0 heterocycles. The van der Waals surface area contributed by atoms with Gasteiger partial charge in [0.1, 0.15) is 5.75 Å². The molecule has 0 unspecified atom stereocenters. The van der Waals surface area contributed by atoms with E-state index in [1.54, 1.807) is 6.92 Å². The predicted octanol–water partition coefficient (Wildman–Crippen LogP) is 2.19. The highest BCUT2D eigenvalue weighted by molar-refractivity contribution is 8.08. The number of rotatable bonds is 1. The molecule has 0 bridgehead atoms. The molecule has 0 fully saturated rings. The summed E-state index contributed by atoms with van der Waals surface area (Å²) < 4.78 is 34.2. The first-order chi connectivity index (χ1) is 8.67. The molecular weight excluding hydrogens is 266 g/mol. The van der Waals surface area contributed by atoms with Crippen molar-refractivity contribution in [1.29, 1.82) is 0 Å². The predicted molar refractivity (Wildman–Crippen MR) is 73.8 cm³/mol. The van der Waals surface area contributed by atoms with Gasteiger partial charge < -0.3 is 14.2 Å². The van der Waals surface area contributed by atoms with Crippen molar-refractivity contribution in [2.75, 3.05) is 0 Å². The van der Waals surface area contributed by atoms with E-state index in [1.165, 1.54) is 24.3 Å². The summed E-state index contributed by atoms with van der Waals surface area (Å²) in [5.74, 6) is -0.0848. The minimum atomic E-state index is -5.82. The number of aromatic hydroxyl groups is 1. The van der Waals surface area contributed by atoms with E-state index in [0.29, 0.717) is 10.9 Å². The lowest BCUT2D eigenvalue weighted by molar-refractivity contribution is 0.360. The summed E-state index contributed by atoms with van der Waals surface area (Å²) in [4.78, 5) is -0.515. The van der Waals surface area contributed by atoms with Crippen LogP contribution in [0.1, 0.15) is 19.4 Å². The van der Waals surface area contributed by atoms with Gasteiger partial charge in [-0.3, -0.25) is 9.35 Å². The molecule has 0 spiro atoms. The molecule has 106 valence electrons. The van der Waals surface area contributed by atoms with E-state index in [2.05, 4.69) is 0 Å². The SMILES string of the molecule is CC.Cc1ccc(S(N)(=O)([O-])[O-])c2cccc(O)c12. The molecule has 2 aromatic rings. The lowest BCUT2D eigenvalue weighted by atomic mass is 10.0. The Balaban J connectivity index is 0.000000861. The first-order valence-corrected chi connectivity index (χ1v) is 7.70.